The molecule has 0 aliphatic carbocycles. The summed E-state index contributed by atoms with van der Waals surface area (Å²) in [7, 11) is 1.62. The first kappa shape index (κ1) is 11.9. The molecule has 2 atom stereocenters. The van der Waals surface area contributed by atoms with Crippen LogP contribution < -0.4 is 4.74 Å². The summed E-state index contributed by atoms with van der Waals surface area (Å²) in [4.78, 5) is 13.4. The lowest BCUT2D eigenvalue weighted by molar-refractivity contribution is -0.135. The van der Waals surface area contributed by atoms with Gasteiger partial charge in [-0.1, -0.05) is 12.1 Å². The molecule has 1 amide bonds. The third-order valence-corrected chi connectivity index (χ3v) is 3.23. The summed E-state index contributed by atoms with van der Waals surface area (Å²) in [5, 5.41) is 9.62. The number of likely N-dealkylation sites (N-methyl/N-ethyl adjacent to an activating group) is 1. The smallest absolute Gasteiger partial charge is 0.252 e. The second-order valence-electron chi connectivity index (χ2n) is 4.16. The van der Waals surface area contributed by atoms with E-state index in [1.165, 1.54) is 0 Å². The van der Waals surface area contributed by atoms with Crippen LogP contribution in [0.2, 0.25) is 0 Å². The van der Waals surface area contributed by atoms with Crippen LogP contribution in [0.4, 0.5) is 0 Å². The molecule has 0 unspecified atom stereocenters. The molecular weight excluding hydrogens is 218 g/mol. The lowest BCUT2D eigenvalue weighted by Gasteiger charge is -2.23. The Labute approximate surface area is 101 Å². The zero-order chi connectivity index (χ0) is 12.4. The van der Waals surface area contributed by atoms with Crippen molar-refractivity contribution in [1.29, 1.82) is 0 Å². The molecule has 0 saturated carbocycles. The molecule has 1 aliphatic rings. The molecule has 2 rings (SSSR count). The van der Waals surface area contributed by atoms with E-state index >= 15 is 0 Å². The van der Waals surface area contributed by atoms with Crippen molar-refractivity contribution in [3.8, 4) is 5.75 Å². The van der Waals surface area contributed by atoms with Crippen molar-refractivity contribution >= 4 is 5.91 Å². The third kappa shape index (κ3) is 2.13. The second-order valence-corrected chi connectivity index (χ2v) is 4.16. The quantitative estimate of drug-likeness (QED) is 0.860. The number of carbonyl (C=O) groups is 1. The summed E-state index contributed by atoms with van der Waals surface area (Å²) in [5.74, 6) is 0.620. The van der Waals surface area contributed by atoms with Crippen LogP contribution >= 0.6 is 0 Å². The minimum Gasteiger partial charge on any atom is -0.497 e. The van der Waals surface area contributed by atoms with E-state index < -0.39 is 6.10 Å². The number of benzene rings is 1. The fraction of sp³-hybridized carbons (Fsp3) is 0.462. The van der Waals surface area contributed by atoms with E-state index in [9.17, 15) is 9.90 Å². The van der Waals surface area contributed by atoms with Crippen LogP contribution in [0.25, 0.3) is 0 Å². The minimum atomic E-state index is -0.859. The highest BCUT2D eigenvalue weighted by atomic mass is 16.5. The normalized spacial score (nSPS) is 24.2. The highest BCUT2D eigenvalue weighted by Gasteiger charge is 2.37. The van der Waals surface area contributed by atoms with E-state index in [4.69, 9.17) is 4.74 Å². The molecule has 1 N–H and O–H groups in total. The molecule has 0 bridgehead atoms. The van der Waals surface area contributed by atoms with Gasteiger partial charge < -0.3 is 14.7 Å². The number of hydrogen-bond acceptors (Lipinski definition) is 3. The van der Waals surface area contributed by atoms with E-state index in [1.54, 1.807) is 12.0 Å². The Balaban J connectivity index is 2.23. The van der Waals surface area contributed by atoms with Crippen LogP contribution in [-0.4, -0.2) is 35.7 Å². The number of aliphatic hydroxyl groups excluding tert-OH is 1. The van der Waals surface area contributed by atoms with Gasteiger partial charge in [-0.15, -0.1) is 0 Å². The Kier molecular flexibility index (Phi) is 3.33. The third-order valence-electron chi connectivity index (χ3n) is 3.23. The Morgan fingerprint density at radius 3 is 2.59 bits per heavy atom. The van der Waals surface area contributed by atoms with Crippen molar-refractivity contribution in [2.45, 2.75) is 25.5 Å². The van der Waals surface area contributed by atoms with Gasteiger partial charge in [0.1, 0.15) is 11.9 Å². The van der Waals surface area contributed by atoms with Crippen LogP contribution in [0.1, 0.15) is 24.9 Å². The first-order chi connectivity index (χ1) is 8.17. The molecule has 1 aromatic rings. The monoisotopic (exact) mass is 235 g/mol. The Morgan fingerprint density at radius 1 is 1.41 bits per heavy atom. The van der Waals surface area contributed by atoms with Crippen LogP contribution in [0.15, 0.2) is 24.3 Å². The van der Waals surface area contributed by atoms with Gasteiger partial charge in [0.25, 0.3) is 5.91 Å². The predicted molar refractivity (Wildman–Crippen MR) is 63.7 cm³/mol. The number of aliphatic hydroxyl groups is 1. The van der Waals surface area contributed by atoms with Crippen LogP contribution in [0.5, 0.6) is 5.75 Å². The van der Waals surface area contributed by atoms with Gasteiger partial charge in [-0.3, -0.25) is 4.79 Å². The van der Waals surface area contributed by atoms with Crippen molar-refractivity contribution in [2.75, 3.05) is 13.7 Å². The second kappa shape index (κ2) is 4.75. The average Bonchev–Trinajstić information content (AvgIpc) is 2.65. The fourth-order valence-corrected chi connectivity index (χ4v) is 2.30. The number of methoxy groups -OCH3 is 1. The largest absolute Gasteiger partial charge is 0.497 e. The molecule has 1 saturated heterocycles. The molecular formula is C13H17NO3. The average molecular weight is 235 g/mol. The van der Waals surface area contributed by atoms with E-state index in [0.717, 1.165) is 11.3 Å². The van der Waals surface area contributed by atoms with Crippen molar-refractivity contribution < 1.29 is 14.6 Å². The van der Waals surface area contributed by atoms with Gasteiger partial charge in [0.2, 0.25) is 0 Å². The number of carbonyl (C=O) groups excluding carboxylic acids is 1. The SMILES string of the molecule is CCN1C(=O)[C@@H](O)C[C@H]1c1ccc(OC)cc1. The highest BCUT2D eigenvalue weighted by molar-refractivity contribution is 5.83. The standard InChI is InChI=1S/C13H17NO3/c1-3-14-11(8-12(15)13(14)16)9-4-6-10(17-2)7-5-9/h4-7,11-12,15H,3,8H2,1-2H3/t11-,12-/m0/s1. The number of likely N-dealkylation sites (tertiary alicyclic amines) is 1. The molecule has 1 aromatic carbocycles. The van der Waals surface area contributed by atoms with Crippen molar-refractivity contribution in [3.63, 3.8) is 0 Å². The summed E-state index contributed by atoms with van der Waals surface area (Å²) in [6, 6.07) is 7.61. The Morgan fingerprint density at radius 2 is 2.06 bits per heavy atom. The molecule has 0 spiro atoms. The first-order valence-corrected chi connectivity index (χ1v) is 5.80. The van der Waals surface area contributed by atoms with Crippen LogP contribution in [0.3, 0.4) is 0 Å². The fourth-order valence-electron chi connectivity index (χ4n) is 2.30. The summed E-state index contributed by atoms with van der Waals surface area (Å²) < 4.78 is 5.10. The van der Waals surface area contributed by atoms with Gasteiger partial charge in [0.05, 0.1) is 13.2 Å². The molecule has 0 radical (unpaired) electrons. The van der Waals surface area contributed by atoms with Gasteiger partial charge in [-0.25, -0.2) is 0 Å². The summed E-state index contributed by atoms with van der Waals surface area (Å²) in [5.41, 5.74) is 1.04. The maximum atomic E-state index is 11.7. The van der Waals surface area contributed by atoms with E-state index in [2.05, 4.69) is 0 Å². The van der Waals surface area contributed by atoms with Gasteiger partial charge in [-0.2, -0.15) is 0 Å². The molecule has 4 nitrogen and oxygen atoms in total. The van der Waals surface area contributed by atoms with E-state index in [0.29, 0.717) is 13.0 Å². The van der Waals surface area contributed by atoms with Gasteiger partial charge >= 0.3 is 0 Å². The lowest BCUT2D eigenvalue weighted by atomic mass is 10.0. The summed E-state index contributed by atoms with van der Waals surface area (Å²) >= 11 is 0. The van der Waals surface area contributed by atoms with Crippen LogP contribution in [-0.2, 0) is 4.79 Å². The summed E-state index contributed by atoms with van der Waals surface area (Å²) in [6.45, 7) is 2.54. The Hall–Kier alpha value is -1.55. The van der Waals surface area contributed by atoms with Gasteiger partial charge in [-0.05, 0) is 24.6 Å². The summed E-state index contributed by atoms with van der Waals surface area (Å²) in [6.07, 6.45) is -0.388. The first-order valence-electron chi connectivity index (χ1n) is 5.80. The molecule has 0 aromatic heterocycles. The van der Waals surface area contributed by atoms with Crippen molar-refractivity contribution in [2.24, 2.45) is 0 Å². The molecule has 1 heterocycles. The van der Waals surface area contributed by atoms with Gasteiger partial charge in [0.15, 0.2) is 0 Å². The van der Waals surface area contributed by atoms with Crippen LogP contribution in [0, 0.1) is 0 Å². The number of rotatable bonds is 3. The lowest BCUT2D eigenvalue weighted by Crippen LogP contribution is -2.30. The Bertz CT molecular complexity index is 402. The molecule has 1 aliphatic heterocycles. The number of hydrogen-bond donors (Lipinski definition) is 1. The zero-order valence-corrected chi connectivity index (χ0v) is 10.1. The predicted octanol–water partition coefficient (Wildman–Crippen LogP) is 1.35. The number of nitrogens with zero attached hydrogens (tertiary/aromatic N) is 1. The van der Waals surface area contributed by atoms with E-state index in [1.807, 2.05) is 31.2 Å². The zero-order valence-electron chi connectivity index (χ0n) is 10.1. The maximum Gasteiger partial charge on any atom is 0.252 e. The molecule has 1 fully saturated rings. The minimum absolute atomic E-state index is 0.0200. The van der Waals surface area contributed by atoms with Crippen molar-refractivity contribution in [1.82, 2.24) is 4.90 Å². The highest BCUT2D eigenvalue weighted by Crippen LogP contribution is 2.33. The molecule has 92 valence electrons. The van der Waals surface area contributed by atoms with Gasteiger partial charge in [0, 0.05) is 13.0 Å². The van der Waals surface area contributed by atoms with E-state index in [-0.39, 0.29) is 11.9 Å². The molecule has 17 heavy (non-hydrogen) atoms. The maximum absolute atomic E-state index is 11.7. The van der Waals surface area contributed by atoms with Crippen molar-refractivity contribution in [3.05, 3.63) is 29.8 Å². The topological polar surface area (TPSA) is 49.8 Å². The number of amides is 1. The number of ether oxygens (including phenoxy) is 1. The molecule has 4 heteroatoms.